The van der Waals surface area contributed by atoms with Crippen LogP contribution >= 0.6 is 0 Å². The van der Waals surface area contributed by atoms with Crippen LogP contribution in [0, 0.1) is 0 Å². The predicted octanol–water partition coefficient (Wildman–Crippen LogP) is 3.09. The fourth-order valence-corrected chi connectivity index (χ4v) is 2.86. The number of nitrogens with one attached hydrogen (secondary N) is 1. The quantitative estimate of drug-likeness (QED) is 0.572. The summed E-state index contributed by atoms with van der Waals surface area (Å²) in [4.78, 5) is 13.0. The number of nitrogen functional groups attached to an aromatic ring is 1. The number of hydrogen-bond acceptors (Lipinski definition) is 5. The number of anilines is 1. The fraction of sp³-hybridized carbons (Fsp3) is 0.389. The minimum absolute atomic E-state index is 0.586. The second kappa shape index (κ2) is 6.20. The molecule has 0 atom stereocenters. The van der Waals surface area contributed by atoms with Crippen molar-refractivity contribution in [2.75, 3.05) is 5.43 Å². The van der Waals surface area contributed by atoms with E-state index in [1.807, 2.05) is 6.07 Å². The summed E-state index contributed by atoms with van der Waals surface area (Å²) in [6, 6.07) is 10.1. The Hall–Kier alpha value is -2.47. The first-order chi connectivity index (χ1) is 11.8. The minimum Gasteiger partial charge on any atom is -0.331 e. The molecule has 2 fully saturated rings. The van der Waals surface area contributed by atoms with Crippen LogP contribution < -0.4 is 11.3 Å². The lowest BCUT2D eigenvalue weighted by Crippen LogP contribution is -2.09. The third-order valence-corrected chi connectivity index (χ3v) is 4.53. The Labute approximate surface area is 141 Å². The molecule has 6 heteroatoms. The molecule has 3 N–H and O–H groups in total. The molecule has 124 valence electrons. The normalized spacial score (nSPS) is 16.6. The lowest BCUT2D eigenvalue weighted by atomic mass is 10.3. The summed E-state index contributed by atoms with van der Waals surface area (Å²) in [5, 5.41) is 0. The van der Waals surface area contributed by atoms with Crippen molar-refractivity contribution in [3.05, 3.63) is 48.2 Å². The largest absolute Gasteiger partial charge is 0.331 e. The van der Waals surface area contributed by atoms with Crippen LogP contribution in [0.1, 0.15) is 49.2 Å². The van der Waals surface area contributed by atoms with E-state index in [2.05, 4.69) is 50.2 Å². The molecule has 2 heterocycles. The molecular formula is C18H22N6. The molecule has 2 saturated carbocycles. The average Bonchev–Trinajstić information content (AvgIpc) is 3.54. The van der Waals surface area contributed by atoms with Gasteiger partial charge in [0.15, 0.2) is 0 Å². The van der Waals surface area contributed by atoms with Gasteiger partial charge in [-0.2, -0.15) is 0 Å². The molecular weight excluding hydrogens is 300 g/mol. The van der Waals surface area contributed by atoms with Crippen molar-refractivity contribution in [1.29, 1.82) is 0 Å². The van der Waals surface area contributed by atoms with Gasteiger partial charge in [-0.15, -0.1) is 0 Å². The lowest BCUT2D eigenvalue weighted by Gasteiger charge is -1.99. The van der Waals surface area contributed by atoms with E-state index >= 15 is 0 Å². The predicted molar refractivity (Wildman–Crippen MR) is 94.5 cm³/mol. The standard InChI is InChI=1S/C11H12N2.C7H10N4/c1-13-10-5-3-2-4-9(10)12-11(13)8-6-7-8;8-11-6-3-4-9-7(10-6)5-1-2-5/h2-5,8H,6-7H2,1H3;3-5H,1-2,8H2,(H,9,10,11). The number of imidazole rings is 1. The van der Waals surface area contributed by atoms with E-state index in [4.69, 9.17) is 5.84 Å². The number of nitrogens with zero attached hydrogens (tertiary/aromatic N) is 4. The van der Waals surface area contributed by atoms with Gasteiger partial charge in [-0.1, -0.05) is 12.1 Å². The van der Waals surface area contributed by atoms with E-state index in [1.165, 1.54) is 37.0 Å². The molecule has 0 bridgehead atoms. The fourth-order valence-electron chi connectivity index (χ4n) is 2.86. The van der Waals surface area contributed by atoms with Gasteiger partial charge in [0.25, 0.3) is 0 Å². The molecule has 2 aliphatic rings. The van der Waals surface area contributed by atoms with Crippen LogP contribution in [0.25, 0.3) is 11.0 Å². The maximum Gasteiger partial charge on any atom is 0.143 e. The summed E-state index contributed by atoms with van der Waals surface area (Å²) in [6.45, 7) is 0. The van der Waals surface area contributed by atoms with Gasteiger partial charge in [0.05, 0.1) is 11.0 Å². The molecule has 0 unspecified atom stereocenters. The molecule has 0 spiro atoms. The number of rotatable bonds is 3. The number of aryl methyl sites for hydroxylation is 1. The number of para-hydroxylation sites is 2. The molecule has 2 aliphatic carbocycles. The summed E-state index contributed by atoms with van der Waals surface area (Å²) >= 11 is 0. The Balaban J connectivity index is 0.000000123. The third kappa shape index (κ3) is 3.10. The number of fused-ring (bicyclic) bond motifs is 1. The van der Waals surface area contributed by atoms with E-state index in [0.29, 0.717) is 11.7 Å². The van der Waals surface area contributed by atoms with Gasteiger partial charge in [-0.25, -0.2) is 20.8 Å². The van der Waals surface area contributed by atoms with Crippen LogP contribution in [0.4, 0.5) is 5.82 Å². The van der Waals surface area contributed by atoms with E-state index < -0.39 is 0 Å². The zero-order valence-electron chi connectivity index (χ0n) is 13.8. The Morgan fingerprint density at radius 3 is 2.46 bits per heavy atom. The van der Waals surface area contributed by atoms with Crippen LogP contribution in [0.5, 0.6) is 0 Å². The highest BCUT2D eigenvalue weighted by molar-refractivity contribution is 5.75. The molecule has 0 radical (unpaired) electrons. The third-order valence-electron chi connectivity index (χ3n) is 4.53. The minimum atomic E-state index is 0.586. The summed E-state index contributed by atoms with van der Waals surface area (Å²) in [5.41, 5.74) is 4.88. The summed E-state index contributed by atoms with van der Waals surface area (Å²) in [5.74, 6) is 9.40. The van der Waals surface area contributed by atoms with Gasteiger partial charge in [0.2, 0.25) is 0 Å². The number of aromatic nitrogens is 4. The summed E-state index contributed by atoms with van der Waals surface area (Å²) in [7, 11) is 2.11. The zero-order chi connectivity index (χ0) is 16.5. The van der Waals surface area contributed by atoms with Gasteiger partial charge in [0, 0.05) is 31.1 Å². The first kappa shape index (κ1) is 15.1. The molecule has 1 aromatic carbocycles. The first-order valence-electron chi connectivity index (χ1n) is 8.47. The highest BCUT2D eigenvalue weighted by Crippen LogP contribution is 2.40. The van der Waals surface area contributed by atoms with Crippen LogP contribution in [0.2, 0.25) is 0 Å². The monoisotopic (exact) mass is 322 g/mol. The molecule has 2 aromatic heterocycles. The van der Waals surface area contributed by atoms with Gasteiger partial charge < -0.3 is 9.99 Å². The summed E-state index contributed by atoms with van der Waals surface area (Å²) in [6.07, 6.45) is 6.80. The van der Waals surface area contributed by atoms with Crippen molar-refractivity contribution in [2.45, 2.75) is 37.5 Å². The van der Waals surface area contributed by atoms with Crippen LogP contribution in [0.15, 0.2) is 36.5 Å². The Bertz CT molecular complexity index is 848. The van der Waals surface area contributed by atoms with Crippen LogP contribution in [-0.2, 0) is 7.05 Å². The van der Waals surface area contributed by atoms with Gasteiger partial charge >= 0.3 is 0 Å². The Kier molecular flexibility index (Phi) is 3.90. The second-order valence-electron chi connectivity index (χ2n) is 6.51. The van der Waals surface area contributed by atoms with Gasteiger partial charge in [-0.3, -0.25) is 0 Å². The highest BCUT2D eigenvalue weighted by atomic mass is 15.3. The van der Waals surface area contributed by atoms with Crippen molar-refractivity contribution in [1.82, 2.24) is 19.5 Å². The van der Waals surface area contributed by atoms with Crippen molar-refractivity contribution in [2.24, 2.45) is 12.9 Å². The highest BCUT2D eigenvalue weighted by Gasteiger charge is 2.28. The summed E-state index contributed by atoms with van der Waals surface area (Å²) < 4.78 is 2.23. The smallest absolute Gasteiger partial charge is 0.143 e. The first-order valence-corrected chi connectivity index (χ1v) is 8.47. The van der Waals surface area contributed by atoms with E-state index in [9.17, 15) is 0 Å². The molecule has 6 nitrogen and oxygen atoms in total. The number of hydrazine groups is 1. The van der Waals surface area contributed by atoms with E-state index in [-0.39, 0.29) is 0 Å². The SMILES string of the molecule is Cn1c(C2CC2)nc2ccccc21.NNc1ccnc(C2CC2)n1. The van der Waals surface area contributed by atoms with Crippen molar-refractivity contribution in [3.8, 4) is 0 Å². The Morgan fingerprint density at radius 2 is 1.79 bits per heavy atom. The molecule has 0 aliphatic heterocycles. The van der Waals surface area contributed by atoms with Crippen molar-refractivity contribution in [3.63, 3.8) is 0 Å². The molecule has 0 saturated heterocycles. The molecule has 0 amide bonds. The number of hydrogen-bond donors (Lipinski definition) is 2. The number of nitrogens with two attached hydrogens (primary N) is 1. The lowest BCUT2D eigenvalue weighted by molar-refractivity contribution is 0.820. The van der Waals surface area contributed by atoms with Crippen molar-refractivity contribution < 1.29 is 0 Å². The maximum atomic E-state index is 5.20. The van der Waals surface area contributed by atoms with Gasteiger partial charge in [0.1, 0.15) is 17.5 Å². The second-order valence-corrected chi connectivity index (χ2v) is 6.51. The zero-order valence-corrected chi connectivity index (χ0v) is 13.8. The van der Waals surface area contributed by atoms with Crippen LogP contribution in [0.3, 0.4) is 0 Å². The van der Waals surface area contributed by atoms with E-state index in [0.717, 1.165) is 17.3 Å². The van der Waals surface area contributed by atoms with E-state index in [1.54, 1.807) is 12.3 Å². The maximum absolute atomic E-state index is 5.20. The van der Waals surface area contributed by atoms with Crippen molar-refractivity contribution >= 4 is 16.9 Å². The Morgan fingerprint density at radius 1 is 1.04 bits per heavy atom. The molecule has 3 aromatic rings. The number of benzene rings is 1. The van der Waals surface area contributed by atoms with Gasteiger partial charge in [-0.05, 0) is 37.8 Å². The van der Waals surface area contributed by atoms with Crippen LogP contribution in [-0.4, -0.2) is 19.5 Å². The molecule has 24 heavy (non-hydrogen) atoms. The average molecular weight is 322 g/mol. The topological polar surface area (TPSA) is 81.7 Å². The molecule has 5 rings (SSSR count).